The monoisotopic (exact) mass is 347 g/mol. The molecule has 0 radical (unpaired) electrons. The zero-order valence-corrected chi connectivity index (χ0v) is 15.3. The lowest BCUT2D eigenvalue weighted by Crippen LogP contribution is -2.47. The summed E-state index contributed by atoms with van der Waals surface area (Å²) in [4.78, 5) is 14.0. The van der Waals surface area contributed by atoms with Crippen molar-refractivity contribution in [1.29, 1.82) is 0 Å². The van der Waals surface area contributed by atoms with Gasteiger partial charge in [-0.2, -0.15) is 0 Å². The smallest absolute Gasteiger partial charge is 0.411 e. The molecule has 1 aromatic rings. The van der Waals surface area contributed by atoms with E-state index in [1.54, 1.807) is 26.8 Å². The van der Waals surface area contributed by atoms with E-state index in [2.05, 4.69) is 0 Å². The Balaban J connectivity index is 3.14. The van der Waals surface area contributed by atoms with Gasteiger partial charge in [0.2, 0.25) is 0 Å². The normalized spacial score (nSPS) is 12.2. The van der Waals surface area contributed by atoms with E-state index in [1.807, 2.05) is 20.8 Å². The van der Waals surface area contributed by atoms with Crippen LogP contribution in [-0.2, 0) is 11.3 Å². The summed E-state index contributed by atoms with van der Waals surface area (Å²) >= 11 is 11.9. The molecule has 0 unspecified atom stereocenters. The standard InChI is InChI=1S/C16H23Cl2NO3/c1-15(2,3)19(14(21)22-16(4,5)6)9-10-7-11(17)8-12(18)13(10)20/h7-8,20H,9H2,1-6H3. The van der Waals surface area contributed by atoms with E-state index in [0.717, 1.165) is 0 Å². The summed E-state index contributed by atoms with van der Waals surface area (Å²) in [5.74, 6) is -0.0797. The van der Waals surface area contributed by atoms with Crippen LogP contribution in [0.25, 0.3) is 0 Å². The summed E-state index contributed by atoms with van der Waals surface area (Å²) < 4.78 is 5.44. The summed E-state index contributed by atoms with van der Waals surface area (Å²) in [6.45, 7) is 11.2. The van der Waals surface area contributed by atoms with Gasteiger partial charge >= 0.3 is 6.09 Å². The van der Waals surface area contributed by atoms with Gasteiger partial charge in [0.25, 0.3) is 0 Å². The van der Waals surface area contributed by atoms with Gasteiger partial charge in [-0.05, 0) is 53.7 Å². The van der Waals surface area contributed by atoms with Gasteiger partial charge in [0.05, 0.1) is 11.6 Å². The van der Waals surface area contributed by atoms with Crippen LogP contribution < -0.4 is 0 Å². The van der Waals surface area contributed by atoms with E-state index in [9.17, 15) is 9.90 Å². The predicted octanol–water partition coefficient (Wildman–Crippen LogP) is 5.23. The van der Waals surface area contributed by atoms with E-state index < -0.39 is 17.2 Å². The predicted molar refractivity (Wildman–Crippen MR) is 89.7 cm³/mol. The fraction of sp³-hybridized carbons (Fsp3) is 0.562. The highest BCUT2D eigenvalue weighted by Crippen LogP contribution is 2.33. The molecule has 0 heterocycles. The Morgan fingerprint density at radius 2 is 1.73 bits per heavy atom. The topological polar surface area (TPSA) is 49.8 Å². The van der Waals surface area contributed by atoms with E-state index in [1.165, 1.54) is 11.0 Å². The Hall–Kier alpha value is -1.13. The quantitative estimate of drug-likeness (QED) is 0.796. The lowest BCUT2D eigenvalue weighted by atomic mass is 10.0. The molecule has 22 heavy (non-hydrogen) atoms. The van der Waals surface area contributed by atoms with Crippen LogP contribution in [0, 0.1) is 0 Å². The average molecular weight is 348 g/mol. The number of hydrogen-bond acceptors (Lipinski definition) is 3. The number of carbonyl (C=O) groups is 1. The zero-order chi connectivity index (χ0) is 17.3. The largest absolute Gasteiger partial charge is 0.506 e. The molecule has 4 nitrogen and oxygen atoms in total. The second kappa shape index (κ2) is 6.55. The summed E-state index contributed by atoms with van der Waals surface area (Å²) in [6.07, 6.45) is -0.463. The van der Waals surface area contributed by atoms with Crippen LogP contribution in [0.3, 0.4) is 0 Å². The number of aromatic hydroxyl groups is 1. The number of nitrogens with zero attached hydrogens (tertiary/aromatic N) is 1. The van der Waals surface area contributed by atoms with Gasteiger partial charge < -0.3 is 9.84 Å². The first-order valence-corrected chi connectivity index (χ1v) is 7.74. The minimum Gasteiger partial charge on any atom is -0.506 e. The van der Waals surface area contributed by atoms with Crippen molar-refractivity contribution in [2.24, 2.45) is 0 Å². The fourth-order valence-electron chi connectivity index (χ4n) is 1.80. The summed E-state index contributed by atoms with van der Waals surface area (Å²) in [5, 5.41) is 10.6. The minimum atomic E-state index is -0.603. The third-order valence-electron chi connectivity index (χ3n) is 2.86. The van der Waals surface area contributed by atoms with Gasteiger partial charge in [0, 0.05) is 16.1 Å². The summed E-state index contributed by atoms with van der Waals surface area (Å²) in [7, 11) is 0. The maximum atomic E-state index is 12.4. The molecule has 1 N–H and O–H groups in total. The molecular formula is C16H23Cl2NO3. The van der Waals surface area contributed by atoms with Crippen molar-refractivity contribution in [3.8, 4) is 5.75 Å². The molecule has 0 aromatic heterocycles. The van der Waals surface area contributed by atoms with E-state index in [4.69, 9.17) is 27.9 Å². The molecule has 0 fully saturated rings. The summed E-state index contributed by atoms with van der Waals surface area (Å²) in [6, 6.07) is 3.04. The van der Waals surface area contributed by atoms with Crippen molar-refractivity contribution in [3.05, 3.63) is 27.7 Å². The number of carbonyl (C=O) groups excluding carboxylic acids is 1. The van der Waals surface area contributed by atoms with E-state index in [0.29, 0.717) is 10.6 Å². The molecule has 0 saturated carbocycles. The number of rotatable bonds is 2. The first kappa shape index (κ1) is 18.9. The fourth-order valence-corrected chi connectivity index (χ4v) is 2.34. The van der Waals surface area contributed by atoms with Crippen LogP contribution in [-0.4, -0.2) is 27.2 Å². The van der Waals surface area contributed by atoms with Crippen LogP contribution in [0.4, 0.5) is 4.79 Å². The van der Waals surface area contributed by atoms with Crippen molar-refractivity contribution in [2.45, 2.75) is 59.2 Å². The number of benzene rings is 1. The Bertz CT molecular complexity index is 560. The van der Waals surface area contributed by atoms with Gasteiger partial charge in [0.15, 0.2) is 0 Å². The molecule has 1 aromatic carbocycles. The van der Waals surface area contributed by atoms with Crippen LogP contribution in [0.1, 0.15) is 47.1 Å². The molecule has 1 amide bonds. The van der Waals surface area contributed by atoms with E-state index >= 15 is 0 Å². The van der Waals surface area contributed by atoms with Gasteiger partial charge in [0.1, 0.15) is 11.4 Å². The highest BCUT2D eigenvalue weighted by atomic mass is 35.5. The molecule has 0 atom stereocenters. The minimum absolute atomic E-state index is 0.0797. The van der Waals surface area contributed by atoms with Crippen LogP contribution in [0.15, 0.2) is 12.1 Å². The number of hydrogen-bond donors (Lipinski definition) is 1. The first-order valence-electron chi connectivity index (χ1n) is 6.99. The highest BCUT2D eigenvalue weighted by Gasteiger charge is 2.31. The number of amides is 1. The highest BCUT2D eigenvalue weighted by molar-refractivity contribution is 6.35. The molecule has 0 aliphatic rings. The van der Waals surface area contributed by atoms with E-state index in [-0.39, 0.29) is 17.3 Å². The van der Waals surface area contributed by atoms with Crippen LogP contribution >= 0.6 is 23.2 Å². The van der Waals surface area contributed by atoms with Crippen molar-refractivity contribution in [3.63, 3.8) is 0 Å². The molecule has 0 aliphatic carbocycles. The molecule has 1 rings (SSSR count). The second-order valence-corrected chi connectivity index (χ2v) is 7.98. The Labute approximate surface area is 142 Å². The Morgan fingerprint density at radius 1 is 1.18 bits per heavy atom. The molecule has 0 spiro atoms. The van der Waals surface area contributed by atoms with Crippen molar-refractivity contribution >= 4 is 29.3 Å². The third-order valence-corrected chi connectivity index (χ3v) is 3.37. The third kappa shape index (κ3) is 5.25. The average Bonchev–Trinajstić information content (AvgIpc) is 2.27. The SMILES string of the molecule is CC(C)(C)OC(=O)N(Cc1cc(Cl)cc(Cl)c1O)C(C)(C)C. The maximum absolute atomic E-state index is 12.4. The van der Waals surface area contributed by atoms with Gasteiger partial charge in [-0.3, -0.25) is 4.90 Å². The lowest BCUT2D eigenvalue weighted by molar-refractivity contribution is 0.00359. The van der Waals surface area contributed by atoms with Gasteiger partial charge in [-0.25, -0.2) is 4.79 Å². The van der Waals surface area contributed by atoms with Crippen molar-refractivity contribution < 1.29 is 14.6 Å². The lowest BCUT2D eigenvalue weighted by Gasteiger charge is -2.37. The van der Waals surface area contributed by atoms with Crippen molar-refractivity contribution in [2.75, 3.05) is 0 Å². The second-order valence-electron chi connectivity index (χ2n) is 7.13. The molecule has 124 valence electrons. The molecular weight excluding hydrogens is 325 g/mol. The zero-order valence-electron chi connectivity index (χ0n) is 13.8. The van der Waals surface area contributed by atoms with Crippen LogP contribution in [0.2, 0.25) is 10.0 Å². The summed E-state index contributed by atoms with van der Waals surface area (Å²) in [5.41, 5.74) is -0.628. The van der Waals surface area contributed by atoms with Gasteiger partial charge in [-0.1, -0.05) is 23.2 Å². The van der Waals surface area contributed by atoms with Gasteiger partial charge in [-0.15, -0.1) is 0 Å². The Kier molecular flexibility index (Phi) is 5.63. The molecule has 6 heteroatoms. The van der Waals surface area contributed by atoms with Crippen LogP contribution in [0.5, 0.6) is 5.75 Å². The number of ether oxygens (including phenoxy) is 1. The molecule has 0 bridgehead atoms. The van der Waals surface area contributed by atoms with Crippen molar-refractivity contribution in [1.82, 2.24) is 4.90 Å². The number of phenolic OH excluding ortho intramolecular Hbond substituents is 1. The maximum Gasteiger partial charge on any atom is 0.411 e. The number of phenols is 1. The first-order chi connectivity index (χ1) is 9.81. The molecule has 0 aliphatic heterocycles. The number of halogens is 2. The molecule has 0 saturated heterocycles. The Morgan fingerprint density at radius 3 is 2.18 bits per heavy atom.